The lowest BCUT2D eigenvalue weighted by molar-refractivity contribution is 0.758. The second-order valence-corrected chi connectivity index (χ2v) is 17.8. The maximum atomic E-state index is 2.60. The van der Waals surface area contributed by atoms with E-state index in [0.29, 0.717) is 0 Å². The predicted octanol–water partition coefficient (Wildman–Crippen LogP) is 14.6. The van der Waals surface area contributed by atoms with Gasteiger partial charge in [0.1, 0.15) is 0 Å². The third kappa shape index (κ3) is 5.32. The highest BCUT2D eigenvalue weighted by molar-refractivity contribution is 5.96. The molecule has 3 aliphatic rings. The third-order valence-corrected chi connectivity index (χ3v) is 14.8. The summed E-state index contributed by atoms with van der Waals surface area (Å²) >= 11 is 0. The Morgan fingerprint density at radius 2 is 0.812 bits per heavy atom. The number of fused-ring (bicyclic) bond motifs is 9. The van der Waals surface area contributed by atoms with Crippen molar-refractivity contribution in [2.75, 3.05) is 29.9 Å². The number of benzene rings is 9. The highest BCUT2D eigenvalue weighted by Crippen LogP contribution is 2.63. The average molecular weight is 823 g/mol. The fourth-order valence-corrected chi connectivity index (χ4v) is 11.9. The second kappa shape index (κ2) is 14.9. The van der Waals surface area contributed by atoms with E-state index in [2.05, 4.69) is 243 Å². The van der Waals surface area contributed by atoms with Crippen LogP contribution in [0, 0.1) is 0 Å². The topological polar surface area (TPSA) is 6.48 Å². The molecule has 0 heterocycles. The molecule has 2 heteroatoms. The van der Waals surface area contributed by atoms with Gasteiger partial charge in [-0.05, 0) is 145 Å². The summed E-state index contributed by atoms with van der Waals surface area (Å²) < 4.78 is 0. The first-order valence-electron chi connectivity index (χ1n) is 23.0. The van der Waals surface area contributed by atoms with Crippen LogP contribution in [0.4, 0.5) is 17.1 Å². The Labute approximate surface area is 377 Å². The highest BCUT2D eigenvalue weighted by atomic mass is 15.1. The lowest BCUT2D eigenvalue weighted by Crippen LogP contribution is -2.30. The molecule has 9 aromatic rings. The fraction of sp³-hybridized carbons (Fsp3) is 0.129. The van der Waals surface area contributed by atoms with Crippen LogP contribution in [0.3, 0.4) is 0 Å². The van der Waals surface area contributed by atoms with Gasteiger partial charge in [-0.2, -0.15) is 0 Å². The Kier molecular flexibility index (Phi) is 8.88. The van der Waals surface area contributed by atoms with Gasteiger partial charge in [-0.15, -0.1) is 0 Å². The molecule has 0 aliphatic heterocycles. The second-order valence-electron chi connectivity index (χ2n) is 17.8. The first-order valence-corrected chi connectivity index (χ1v) is 23.0. The minimum absolute atomic E-state index is 0.540. The van der Waals surface area contributed by atoms with Crippen LogP contribution in [0.5, 0.6) is 0 Å². The van der Waals surface area contributed by atoms with E-state index in [-0.39, 0.29) is 0 Å². The van der Waals surface area contributed by atoms with Crippen molar-refractivity contribution < 1.29 is 0 Å². The van der Waals surface area contributed by atoms with Crippen LogP contribution < -0.4 is 9.80 Å². The quantitative estimate of drug-likeness (QED) is 0.143. The molecule has 3 aliphatic carbocycles. The van der Waals surface area contributed by atoms with Crippen LogP contribution in [0.2, 0.25) is 0 Å². The zero-order chi connectivity index (χ0) is 43.0. The van der Waals surface area contributed by atoms with E-state index in [0.717, 1.165) is 19.5 Å². The molecule has 0 N–H and O–H groups in total. The third-order valence-electron chi connectivity index (χ3n) is 14.8. The lowest BCUT2D eigenvalue weighted by atomic mass is 9.66. The number of rotatable bonds is 9. The van der Waals surface area contributed by atoms with E-state index in [9.17, 15) is 0 Å². The van der Waals surface area contributed by atoms with Crippen molar-refractivity contribution in [3.63, 3.8) is 0 Å². The van der Waals surface area contributed by atoms with Crippen molar-refractivity contribution in [3.05, 3.63) is 268 Å². The summed E-state index contributed by atoms with van der Waals surface area (Å²) in [5.74, 6) is 0. The number of nitrogens with zero attached hydrogens (tertiary/aromatic N) is 2. The van der Waals surface area contributed by atoms with Crippen molar-refractivity contribution >= 4 is 17.1 Å². The van der Waals surface area contributed by atoms with Crippen molar-refractivity contribution in [2.24, 2.45) is 0 Å². The number of hydrogen-bond donors (Lipinski definition) is 0. The van der Waals surface area contributed by atoms with Crippen LogP contribution in [0.25, 0.3) is 33.4 Å². The average Bonchev–Trinajstić information content (AvgIpc) is 3.99. The molecule has 2 nitrogen and oxygen atoms in total. The van der Waals surface area contributed by atoms with Gasteiger partial charge in [0.2, 0.25) is 0 Å². The van der Waals surface area contributed by atoms with E-state index < -0.39 is 10.8 Å². The Hall–Kier alpha value is -7.42. The van der Waals surface area contributed by atoms with Crippen molar-refractivity contribution in [3.8, 4) is 33.4 Å². The van der Waals surface area contributed by atoms with Gasteiger partial charge < -0.3 is 9.80 Å². The highest BCUT2D eigenvalue weighted by Gasteiger charge is 2.51. The van der Waals surface area contributed by atoms with Crippen LogP contribution >= 0.6 is 0 Å². The SMILES string of the molecule is CCN(C)c1ccc2c(c1)C(c1ccccc1)(c1ccccc1)c1cc3c(cc1-2)C(c1ccccc1)(c1ccccc1)c1cc(N(CC)c2cccc4c2Cc2ccccc2-4)ccc1-3. The lowest BCUT2D eigenvalue weighted by Gasteiger charge is -2.36. The van der Waals surface area contributed by atoms with Gasteiger partial charge in [-0.3, -0.25) is 0 Å². The van der Waals surface area contributed by atoms with Gasteiger partial charge in [0.15, 0.2) is 0 Å². The van der Waals surface area contributed by atoms with Crippen LogP contribution in [-0.4, -0.2) is 20.1 Å². The normalized spacial score (nSPS) is 14.2. The molecule has 0 aromatic heterocycles. The minimum Gasteiger partial charge on any atom is -0.375 e. The first kappa shape index (κ1) is 38.3. The Morgan fingerprint density at radius 1 is 0.375 bits per heavy atom. The zero-order valence-corrected chi connectivity index (χ0v) is 36.7. The van der Waals surface area contributed by atoms with Gasteiger partial charge in [-0.1, -0.05) is 170 Å². The number of anilines is 3. The summed E-state index contributed by atoms with van der Waals surface area (Å²) in [5, 5.41) is 0. The molecule has 0 saturated heterocycles. The first-order chi connectivity index (χ1) is 31.6. The smallest absolute Gasteiger partial charge is 0.0714 e. The maximum absolute atomic E-state index is 2.60. The van der Waals surface area contributed by atoms with Crippen molar-refractivity contribution in [1.29, 1.82) is 0 Å². The van der Waals surface area contributed by atoms with Gasteiger partial charge >= 0.3 is 0 Å². The van der Waals surface area contributed by atoms with E-state index in [1.54, 1.807) is 0 Å². The molecule has 0 bridgehead atoms. The molecule has 9 aromatic carbocycles. The van der Waals surface area contributed by atoms with Crippen LogP contribution in [0.15, 0.2) is 212 Å². The predicted molar refractivity (Wildman–Crippen MR) is 267 cm³/mol. The molecule has 12 rings (SSSR count). The summed E-state index contributed by atoms with van der Waals surface area (Å²) in [7, 11) is 2.20. The molecular weight excluding hydrogens is 773 g/mol. The Morgan fingerprint density at radius 3 is 1.31 bits per heavy atom. The molecule has 0 spiro atoms. The molecule has 0 amide bonds. The van der Waals surface area contributed by atoms with Gasteiger partial charge in [0.05, 0.1) is 10.8 Å². The van der Waals surface area contributed by atoms with Gasteiger partial charge in [0.25, 0.3) is 0 Å². The number of hydrogen-bond acceptors (Lipinski definition) is 2. The molecular formula is C62H50N2. The maximum Gasteiger partial charge on any atom is 0.0714 e. The molecule has 0 saturated carbocycles. The molecule has 0 radical (unpaired) electrons. The van der Waals surface area contributed by atoms with Crippen LogP contribution in [0.1, 0.15) is 69.5 Å². The Balaban J connectivity index is 1.16. The van der Waals surface area contributed by atoms with Crippen molar-refractivity contribution in [1.82, 2.24) is 0 Å². The molecule has 64 heavy (non-hydrogen) atoms. The van der Waals surface area contributed by atoms with Gasteiger partial charge in [0, 0.05) is 43.6 Å². The summed E-state index contributed by atoms with van der Waals surface area (Å²) in [6, 6.07) is 80.6. The largest absolute Gasteiger partial charge is 0.375 e. The standard InChI is InChI=1S/C62H50N2/c1-4-63(3)47-33-35-51-53-40-59-54(41-58(53)61(56(51)38-47,43-22-10-6-11-23-43)44-24-12-7-13-25-44)52-36-34-48(39-57(52)62(59,45-26-14-8-15-27-45)46-28-16-9-17-29-46)64(5-2)60-32-20-31-50-49-30-19-18-21-42(49)37-55(50)60/h6-36,38-41H,4-5,37H2,1-3H3. The van der Waals surface area contributed by atoms with E-state index in [4.69, 9.17) is 0 Å². The molecule has 0 atom stereocenters. The van der Waals surface area contributed by atoms with E-state index >= 15 is 0 Å². The molecule has 308 valence electrons. The summed E-state index contributed by atoms with van der Waals surface area (Å²) in [6.45, 7) is 6.30. The van der Waals surface area contributed by atoms with E-state index in [1.807, 2.05) is 0 Å². The summed E-state index contributed by atoms with van der Waals surface area (Å²) in [6.07, 6.45) is 0.945. The summed E-state index contributed by atoms with van der Waals surface area (Å²) in [5.41, 5.74) is 23.7. The van der Waals surface area contributed by atoms with Crippen LogP contribution in [-0.2, 0) is 17.3 Å². The summed E-state index contributed by atoms with van der Waals surface area (Å²) in [4.78, 5) is 4.90. The fourth-order valence-electron chi connectivity index (χ4n) is 11.9. The molecule has 0 unspecified atom stereocenters. The van der Waals surface area contributed by atoms with Crippen molar-refractivity contribution in [2.45, 2.75) is 31.1 Å². The molecule has 0 fully saturated rings. The zero-order valence-electron chi connectivity index (χ0n) is 36.7. The monoisotopic (exact) mass is 822 g/mol. The van der Waals surface area contributed by atoms with E-state index in [1.165, 1.54) is 106 Å². The Bertz CT molecular complexity index is 3150. The van der Waals surface area contributed by atoms with Gasteiger partial charge in [-0.25, -0.2) is 0 Å². The minimum atomic E-state index is -0.584.